The Balaban J connectivity index is 1.17. The van der Waals surface area contributed by atoms with Crippen LogP contribution in [0.4, 0.5) is 0 Å². The predicted octanol–water partition coefficient (Wildman–Crippen LogP) is 4.54. The van der Waals surface area contributed by atoms with Gasteiger partial charge in [-0.3, -0.25) is 4.79 Å². The molecule has 0 aliphatic carbocycles. The molecule has 8 heteroatoms. The van der Waals surface area contributed by atoms with Crippen molar-refractivity contribution in [3.05, 3.63) is 97.1 Å². The second-order valence-corrected chi connectivity index (χ2v) is 7.98. The molecule has 0 fully saturated rings. The second kappa shape index (κ2) is 11.6. The van der Waals surface area contributed by atoms with Crippen LogP contribution in [0.25, 0.3) is 21.5 Å². The van der Waals surface area contributed by atoms with Gasteiger partial charge in [0.05, 0.1) is 6.42 Å². The zero-order valence-corrected chi connectivity index (χ0v) is 19.7. The van der Waals surface area contributed by atoms with Crippen LogP contribution in [0, 0.1) is 0 Å². The molecule has 0 N–H and O–H groups in total. The van der Waals surface area contributed by atoms with Gasteiger partial charge in [-0.2, -0.15) is 0 Å². The van der Waals surface area contributed by atoms with Crippen LogP contribution >= 0.6 is 0 Å². The maximum Gasteiger partial charge on any atom is 0.349 e. The van der Waals surface area contributed by atoms with Crippen LogP contribution in [0.1, 0.15) is 6.42 Å². The van der Waals surface area contributed by atoms with Gasteiger partial charge in [-0.1, -0.05) is 67.2 Å². The molecular formula is C29H22O8. The molecule has 0 saturated carbocycles. The number of carbonyl (C=O) groups excluding carboxylic acids is 4. The molecule has 0 aromatic heterocycles. The molecule has 0 atom stereocenters. The van der Waals surface area contributed by atoms with Crippen molar-refractivity contribution in [3.63, 3.8) is 0 Å². The number of esters is 4. The van der Waals surface area contributed by atoms with E-state index in [4.69, 9.17) is 18.9 Å². The first kappa shape index (κ1) is 25.1. The summed E-state index contributed by atoms with van der Waals surface area (Å²) in [7, 11) is 0. The highest BCUT2D eigenvalue weighted by molar-refractivity contribution is 5.94. The monoisotopic (exact) mass is 498 g/mol. The van der Waals surface area contributed by atoms with Gasteiger partial charge in [-0.15, -0.1) is 0 Å². The second-order valence-electron chi connectivity index (χ2n) is 7.98. The summed E-state index contributed by atoms with van der Waals surface area (Å²) in [5.41, 5.74) is -0.244. The molecular weight excluding hydrogens is 476 g/mol. The van der Waals surface area contributed by atoms with Crippen LogP contribution < -0.4 is 9.47 Å². The minimum atomic E-state index is -0.967. The van der Waals surface area contributed by atoms with Crippen molar-refractivity contribution in [2.24, 2.45) is 0 Å². The summed E-state index contributed by atoms with van der Waals surface area (Å²) in [6.45, 7) is 2.16. The molecule has 4 aromatic carbocycles. The molecule has 0 unspecified atom stereocenters. The fraction of sp³-hybridized carbons (Fsp3) is 0.103. The van der Waals surface area contributed by atoms with Gasteiger partial charge in [0.2, 0.25) is 0 Å². The number of rotatable bonds is 9. The number of ether oxygens (including phenoxy) is 4. The Morgan fingerprint density at radius 2 is 1.03 bits per heavy atom. The maximum atomic E-state index is 12.1. The summed E-state index contributed by atoms with van der Waals surface area (Å²) < 4.78 is 20.1. The largest absolute Gasteiger partial charge is 0.453 e. The fourth-order valence-electron chi connectivity index (χ4n) is 3.45. The Hall–Kier alpha value is -4.98. The number of carbonyl (C=O) groups is 4. The predicted molar refractivity (Wildman–Crippen MR) is 135 cm³/mol. The van der Waals surface area contributed by atoms with E-state index in [-0.39, 0.29) is 5.57 Å². The van der Waals surface area contributed by atoms with E-state index in [2.05, 4.69) is 6.58 Å². The van der Waals surface area contributed by atoms with Crippen LogP contribution in [-0.4, -0.2) is 37.1 Å². The minimum absolute atomic E-state index is 0.244. The van der Waals surface area contributed by atoms with Crippen molar-refractivity contribution in [3.8, 4) is 11.5 Å². The number of benzene rings is 4. The van der Waals surface area contributed by atoms with Gasteiger partial charge in [-0.25, -0.2) is 14.4 Å². The molecule has 0 aliphatic rings. The van der Waals surface area contributed by atoms with Crippen molar-refractivity contribution in [2.45, 2.75) is 6.42 Å². The molecule has 0 heterocycles. The van der Waals surface area contributed by atoms with E-state index in [1.165, 1.54) is 0 Å². The van der Waals surface area contributed by atoms with Gasteiger partial charge in [0.1, 0.15) is 11.5 Å². The van der Waals surface area contributed by atoms with E-state index in [0.29, 0.717) is 11.5 Å². The summed E-state index contributed by atoms with van der Waals surface area (Å²) in [6.07, 6.45) is -0.526. The standard InChI is InChI=1S/C29H22O8/c1-19(29(33)35-18-28(32)37-25-13-11-21-7-3-5-9-23(21)16-25)14-26(30)34-17-27(31)36-24-12-10-20-6-2-4-8-22(20)15-24/h2-13,15-16H,1,14,17-18H2. The quantitative estimate of drug-likeness (QED) is 0.188. The molecule has 0 saturated heterocycles. The Morgan fingerprint density at radius 3 is 1.54 bits per heavy atom. The topological polar surface area (TPSA) is 105 Å². The van der Waals surface area contributed by atoms with Gasteiger partial charge >= 0.3 is 23.9 Å². The van der Waals surface area contributed by atoms with Crippen LogP contribution in [0.15, 0.2) is 97.1 Å². The summed E-state index contributed by atoms with van der Waals surface area (Å²) in [5, 5.41) is 3.75. The number of hydrogen-bond donors (Lipinski definition) is 0. The van der Waals surface area contributed by atoms with Crippen LogP contribution in [0.3, 0.4) is 0 Å². The Labute approximate surface area is 212 Å². The lowest BCUT2D eigenvalue weighted by Crippen LogP contribution is -2.22. The first-order valence-electron chi connectivity index (χ1n) is 11.3. The van der Waals surface area contributed by atoms with Gasteiger partial charge in [0.25, 0.3) is 0 Å². The first-order chi connectivity index (χ1) is 17.9. The summed E-state index contributed by atoms with van der Waals surface area (Å²) >= 11 is 0. The smallest absolute Gasteiger partial charge is 0.349 e. The van der Waals surface area contributed by atoms with Gasteiger partial charge in [-0.05, 0) is 45.8 Å². The number of fused-ring (bicyclic) bond motifs is 2. The van der Waals surface area contributed by atoms with Crippen molar-refractivity contribution in [2.75, 3.05) is 13.2 Å². The van der Waals surface area contributed by atoms with E-state index in [1.54, 1.807) is 36.4 Å². The molecule has 0 amide bonds. The zero-order valence-electron chi connectivity index (χ0n) is 19.7. The van der Waals surface area contributed by atoms with E-state index < -0.39 is 43.5 Å². The SMILES string of the molecule is C=C(CC(=O)OCC(=O)Oc1ccc2ccccc2c1)C(=O)OCC(=O)Oc1ccc2ccccc2c1. The van der Waals surface area contributed by atoms with Gasteiger partial charge in [0.15, 0.2) is 13.2 Å². The molecule has 0 spiro atoms. The molecule has 0 aliphatic heterocycles. The molecule has 4 aromatic rings. The highest BCUT2D eigenvalue weighted by Crippen LogP contribution is 2.21. The maximum absolute atomic E-state index is 12.1. The third kappa shape index (κ3) is 7.02. The zero-order chi connectivity index (χ0) is 26.2. The lowest BCUT2D eigenvalue weighted by atomic mass is 10.1. The van der Waals surface area contributed by atoms with Gasteiger partial charge in [0, 0.05) is 5.57 Å². The van der Waals surface area contributed by atoms with Gasteiger partial charge < -0.3 is 18.9 Å². The lowest BCUT2D eigenvalue weighted by molar-refractivity contribution is -0.154. The normalized spacial score (nSPS) is 10.5. The highest BCUT2D eigenvalue weighted by Gasteiger charge is 2.18. The van der Waals surface area contributed by atoms with Crippen LogP contribution in [0.5, 0.6) is 11.5 Å². The van der Waals surface area contributed by atoms with Crippen molar-refractivity contribution in [1.29, 1.82) is 0 Å². The van der Waals surface area contributed by atoms with E-state index >= 15 is 0 Å². The van der Waals surface area contributed by atoms with E-state index in [9.17, 15) is 19.2 Å². The first-order valence-corrected chi connectivity index (χ1v) is 11.3. The molecule has 37 heavy (non-hydrogen) atoms. The number of hydrogen-bond acceptors (Lipinski definition) is 8. The minimum Gasteiger partial charge on any atom is -0.453 e. The third-order valence-electron chi connectivity index (χ3n) is 5.22. The van der Waals surface area contributed by atoms with Crippen LogP contribution in [-0.2, 0) is 28.7 Å². The lowest BCUT2D eigenvalue weighted by Gasteiger charge is -2.09. The third-order valence-corrected chi connectivity index (χ3v) is 5.22. The van der Waals surface area contributed by atoms with E-state index in [0.717, 1.165) is 21.5 Å². The van der Waals surface area contributed by atoms with Crippen LogP contribution in [0.2, 0.25) is 0 Å². The summed E-state index contributed by atoms with van der Waals surface area (Å²) in [4.78, 5) is 48.1. The average molecular weight is 498 g/mol. The highest BCUT2D eigenvalue weighted by atomic mass is 16.6. The molecule has 8 nitrogen and oxygen atoms in total. The summed E-state index contributed by atoms with van der Waals surface area (Å²) in [6, 6.07) is 25.4. The molecule has 186 valence electrons. The molecule has 0 radical (unpaired) electrons. The summed E-state index contributed by atoms with van der Waals surface area (Å²) in [5.74, 6) is -2.81. The van der Waals surface area contributed by atoms with Crippen molar-refractivity contribution < 1.29 is 38.1 Å². The molecule has 0 bridgehead atoms. The Bertz CT molecular complexity index is 1500. The Morgan fingerprint density at radius 1 is 0.568 bits per heavy atom. The van der Waals surface area contributed by atoms with Crippen molar-refractivity contribution >= 4 is 45.4 Å². The average Bonchev–Trinajstić information content (AvgIpc) is 2.90. The Kier molecular flexibility index (Phi) is 7.90. The van der Waals surface area contributed by atoms with Crippen molar-refractivity contribution in [1.82, 2.24) is 0 Å². The molecule has 4 rings (SSSR count). The van der Waals surface area contributed by atoms with E-state index in [1.807, 2.05) is 48.5 Å². The fourth-order valence-corrected chi connectivity index (χ4v) is 3.45.